The van der Waals surface area contributed by atoms with Crippen LogP contribution in [0.15, 0.2) is 75.7 Å². The van der Waals surface area contributed by atoms with Gasteiger partial charge in [-0.25, -0.2) is 0 Å². The summed E-state index contributed by atoms with van der Waals surface area (Å²) in [5.41, 5.74) is 15.1. The van der Waals surface area contributed by atoms with Gasteiger partial charge in [-0.1, -0.05) is 36.8 Å². The molecule has 0 saturated carbocycles. The van der Waals surface area contributed by atoms with Crippen LogP contribution < -0.4 is 21.5 Å². The highest BCUT2D eigenvalue weighted by Gasteiger charge is 2.28. The Balaban J connectivity index is 1.42. The van der Waals surface area contributed by atoms with Crippen molar-refractivity contribution in [3.8, 4) is 11.5 Å². The molecule has 1 fully saturated rings. The van der Waals surface area contributed by atoms with Gasteiger partial charge in [0.1, 0.15) is 11.5 Å². The minimum atomic E-state index is 0.379. The van der Waals surface area contributed by atoms with Crippen molar-refractivity contribution in [2.24, 2.45) is 5.73 Å². The number of nitrogens with one attached hydrogen (secondary N) is 1. The van der Waals surface area contributed by atoms with Crippen LogP contribution in [-0.2, 0) is 13.0 Å². The monoisotopic (exact) mass is 600 g/mol. The molecule has 0 spiro atoms. The number of para-hydroxylation sites is 1. The van der Waals surface area contributed by atoms with Crippen LogP contribution in [0.1, 0.15) is 30.4 Å². The van der Waals surface area contributed by atoms with Crippen LogP contribution in [0, 0.1) is 0 Å². The zero-order chi connectivity index (χ0) is 24.6. The van der Waals surface area contributed by atoms with Gasteiger partial charge in [0.2, 0.25) is 0 Å². The maximum atomic E-state index is 6.09. The third-order valence-electron chi connectivity index (χ3n) is 6.51. The summed E-state index contributed by atoms with van der Waals surface area (Å²) >= 11 is 7.17. The molecular formula is C28H34Br2N4O. The minimum Gasteiger partial charge on any atom is -0.457 e. The summed E-state index contributed by atoms with van der Waals surface area (Å²) in [4.78, 5) is 2.63. The number of rotatable bonds is 10. The van der Waals surface area contributed by atoms with E-state index in [1.54, 1.807) is 0 Å². The number of piperazine rings is 1. The number of ether oxygens (including phenoxy) is 1. The van der Waals surface area contributed by atoms with Gasteiger partial charge in [-0.3, -0.25) is 4.90 Å². The summed E-state index contributed by atoms with van der Waals surface area (Å²) in [6.45, 7) is 3.66. The Hall–Kier alpha value is -1.90. The number of anilines is 1. The minimum absolute atomic E-state index is 0.379. The molecule has 2 atom stereocenters. The Bertz CT molecular complexity index is 1060. The standard InChI is InChI=1S/C28H34Br2N4O/c29-26-15-21(16-27(30)28(26)32)14-22-19-34(23(17-33-22)6-4-5-13-31)18-20-9-11-25(12-10-20)35-24-7-2-1-3-8-24/h1-3,7-12,15-16,22-23,33H,4-6,13-14,17-19,31-32H2. The van der Waals surface area contributed by atoms with Crippen LogP contribution >= 0.6 is 31.9 Å². The highest BCUT2D eigenvalue weighted by molar-refractivity contribution is 9.11. The highest BCUT2D eigenvalue weighted by atomic mass is 79.9. The number of nitrogens with two attached hydrogens (primary N) is 2. The van der Waals surface area contributed by atoms with Gasteiger partial charge in [-0.15, -0.1) is 0 Å². The molecular weight excluding hydrogens is 568 g/mol. The predicted molar refractivity (Wildman–Crippen MR) is 152 cm³/mol. The maximum Gasteiger partial charge on any atom is 0.127 e. The van der Waals surface area contributed by atoms with E-state index in [-0.39, 0.29) is 0 Å². The van der Waals surface area contributed by atoms with Gasteiger partial charge in [0.25, 0.3) is 0 Å². The second-order valence-electron chi connectivity index (χ2n) is 9.21. The number of nitrogen functional groups attached to an aromatic ring is 1. The summed E-state index contributed by atoms with van der Waals surface area (Å²) in [6, 6.07) is 23.5. The van der Waals surface area contributed by atoms with E-state index in [0.717, 1.165) is 78.0 Å². The van der Waals surface area contributed by atoms with Gasteiger partial charge >= 0.3 is 0 Å². The van der Waals surface area contributed by atoms with Crippen LogP contribution in [0.2, 0.25) is 0 Å². The smallest absolute Gasteiger partial charge is 0.127 e. The van der Waals surface area contributed by atoms with Crippen molar-refractivity contribution in [3.05, 3.63) is 86.8 Å². The molecule has 1 heterocycles. The van der Waals surface area contributed by atoms with E-state index in [1.807, 2.05) is 30.3 Å². The van der Waals surface area contributed by atoms with Crippen LogP contribution in [0.25, 0.3) is 0 Å². The van der Waals surface area contributed by atoms with Crippen molar-refractivity contribution >= 4 is 37.5 Å². The molecule has 3 aromatic carbocycles. The lowest BCUT2D eigenvalue weighted by molar-refractivity contribution is 0.113. The maximum absolute atomic E-state index is 6.09. The number of halogens is 2. The topological polar surface area (TPSA) is 76.5 Å². The van der Waals surface area contributed by atoms with Crippen molar-refractivity contribution in [3.63, 3.8) is 0 Å². The molecule has 1 aliphatic heterocycles. The van der Waals surface area contributed by atoms with Crippen LogP contribution in [-0.4, -0.2) is 36.6 Å². The quantitative estimate of drug-likeness (QED) is 0.193. The molecule has 7 heteroatoms. The zero-order valence-corrected chi connectivity index (χ0v) is 23.1. The van der Waals surface area contributed by atoms with E-state index in [0.29, 0.717) is 12.1 Å². The Labute approximate surface area is 225 Å². The molecule has 0 aromatic heterocycles. The highest BCUT2D eigenvalue weighted by Crippen LogP contribution is 2.30. The van der Waals surface area contributed by atoms with Crippen LogP contribution in [0.3, 0.4) is 0 Å². The van der Waals surface area contributed by atoms with Crippen molar-refractivity contribution in [1.82, 2.24) is 10.2 Å². The van der Waals surface area contributed by atoms with Gasteiger partial charge in [0.05, 0.1) is 5.69 Å². The molecule has 1 aliphatic rings. The Kier molecular flexibility index (Phi) is 9.63. The van der Waals surface area contributed by atoms with Crippen molar-refractivity contribution in [2.45, 2.75) is 44.3 Å². The van der Waals surface area contributed by atoms with E-state index in [9.17, 15) is 0 Å². The third-order valence-corrected chi connectivity index (χ3v) is 7.83. The first-order valence-corrected chi connectivity index (χ1v) is 13.8. The Morgan fingerprint density at radius 1 is 0.914 bits per heavy atom. The molecule has 0 radical (unpaired) electrons. The molecule has 4 rings (SSSR count). The average molecular weight is 602 g/mol. The number of hydrogen-bond acceptors (Lipinski definition) is 5. The summed E-state index contributed by atoms with van der Waals surface area (Å²) in [6.07, 6.45) is 4.34. The fraction of sp³-hybridized carbons (Fsp3) is 0.357. The van der Waals surface area contributed by atoms with Crippen molar-refractivity contribution in [1.29, 1.82) is 0 Å². The third kappa shape index (κ3) is 7.54. The fourth-order valence-electron chi connectivity index (χ4n) is 4.63. The van der Waals surface area contributed by atoms with E-state index < -0.39 is 0 Å². The second kappa shape index (κ2) is 12.9. The number of hydrogen-bond donors (Lipinski definition) is 3. The van der Waals surface area contributed by atoms with Crippen LogP contribution in [0.4, 0.5) is 5.69 Å². The molecule has 0 bridgehead atoms. The van der Waals surface area contributed by atoms with Gasteiger partial charge in [0, 0.05) is 40.7 Å². The molecule has 0 amide bonds. The first kappa shape index (κ1) is 26.2. The molecule has 2 unspecified atom stereocenters. The lowest BCUT2D eigenvalue weighted by atomic mass is 9.98. The Morgan fingerprint density at radius 2 is 1.60 bits per heavy atom. The van der Waals surface area contributed by atoms with E-state index in [4.69, 9.17) is 16.2 Å². The lowest BCUT2D eigenvalue weighted by Gasteiger charge is -2.41. The lowest BCUT2D eigenvalue weighted by Crippen LogP contribution is -2.56. The largest absolute Gasteiger partial charge is 0.457 e. The molecule has 35 heavy (non-hydrogen) atoms. The number of benzene rings is 3. The zero-order valence-electron chi connectivity index (χ0n) is 19.9. The second-order valence-corrected chi connectivity index (χ2v) is 10.9. The van der Waals surface area contributed by atoms with Crippen molar-refractivity contribution < 1.29 is 4.74 Å². The molecule has 186 valence electrons. The van der Waals surface area contributed by atoms with Crippen LogP contribution in [0.5, 0.6) is 11.5 Å². The fourth-order valence-corrected chi connectivity index (χ4v) is 5.91. The number of unbranched alkanes of at least 4 members (excludes halogenated alkanes) is 1. The molecule has 1 saturated heterocycles. The normalized spacial score (nSPS) is 18.5. The van der Waals surface area contributed by atoms with Gasteiger partial charge in [-0.2, -0.15) is 0 Å². The predicted octanol–water partition coefficient (Wildman–Crippen LogP) is 6.10. The molecule has 0 aliphatic carbocycles. The van der Waals surface area contributed by atoms with E-state index in [1.165, 1.54) is 11.1 Å². The van der Waals surface area contributed by atoms with Gasteiger partial charge in [0.15, 0.2) is 0 Å². The molecule has 5 N–H and O–H groups in total. The van der Waals surface area contributed by atoms with Gasteiger partial charge in [-0.05, 0) is 105 Å². The SMILES string of the molecule is NCCCCC1CNC(Cc2cc(Br)c(N)c(Br)c2)CN1Cc1ccc(Oc2ccccc2)cc1. The average Bonchev–Trinajstić information content (AvgIpc) is 2.86. The van der Waals surface area contributed by atoms with Gasteiger partial charge < -0.3 is 21.5 Å². The van der Waals surface area contributed by atoms with Crippen molar-refractivity contribution in [2.75, 3.05) is 25.4 Å². The first-order valence-electron chi connectivity index (χ1n) is 12.2. The summed E-state index contributed by atoms with van der Waals surface area (Å²) in [7, 11) is 0. The van der Waals surface area contributed by atoms with E-state index in [2.05, 4.69) is 78.5 Å². The Morgan fingerprint density at radius 3 is 2.29 bits per heavy atom. The summed E-state index contributed by atoms with van der Waals surface area (Å²) in [5.74, 6) is 1.71. The first-order chi connectivity index (χ1) is 17.0. The molecule has 3 aromatic rings. The molecule has 5 nitrogen and oxygen atoms in total. The number of nitrogens with zero attached hydrogens (tertiary/aromatic N) is 1. The summed E-state index contributed by atoms with van der Waals surface area (Å²) in [5, 5.41) is 3.80. The van der Waals surface area contributed by atoms with E-state index >= 15 is 0 Å². The summed E-state index contributed by atoms with van der Waals surface area (Å²) < 4.78 is 7.84.